The van der Waals surface area contributed by atoms with Crippen LogP contribution in [0.1, 0.15) is 51.0 Å². The zero-order valence-electron chi connectivity index (χ0n) is 12.2. The van der Waals surface area contributed by atoms with Gasteiger partial charge in [-0.3, -0.25) is 4.90 Å². The Kier molecular flexibility index (Phi) is 3.79. The van der Waals surface area contributed by atoms with E-state index in [2.05, 4.69) is 48.3 Å². The maximum absolute atomic E-state index is 3.85. The van der Waals surface area contributed by atoms with E-state index >= 15 is 0 Å². The third-order valence-electron chi connectivity index (χ3n) is 4.78. The number of anilines is 1. The fourth-order valence-electron chi connectivity index (χ4n) is 3.75. The van der Waals surface area contributed by atoms with Crippen molar-refractivity contribution in [2.45, 2.75) is 57.5 Å². The molecule has 2 fully saturated rings. The Hall–Kier alpha value is -1.02. The normalized spacial score (nSPS) is 27.5. The first-order chi connectivity index (χ1) is 9.25. The molecule has 2 aliphatic heterocycles. The molecule has 2 heteroatoms. The first kappa shape index (κ1) is 13.0. The van der Waals surface area contributed by atoms with Gasteiger partial charge in [0, 0.05) is 24.3 Å². The number of nitrogens with one attached hydrogen (secondary N) is 1. The highest BCUT2D eigenvalue weighted by Crippen LogP contribution is 2.31. The molecule has 0 amide bonds. The van der Waals surface area contributed by atoms with Crippen molar-refractivity contribution in [3.8, 4) is 0 Å². The summed E-state index contributed by atoms with van der Waals surface area (Å²) in [5, 5.41) is 3.85. The fourth-order valence-corrected chi connectivity index (χ4v) is 3.75. The monoisotopic (exact) mass is 258 g/mol. The predicted octanol–water partition coefficient (Wildman–Crippen LogP) is 3.85. The number of fused-ring (bicyclic) bond motifs is 1. The summed E-state index contributed by atoms with van der Waals surface area (Å²) in [5.41, 5.74) is 2.81. The van der Waals surface area contributed by atoms with E-state index in [0.717, 1.165) is 6.04 Å². The second kappa shape index (κ2) is 5.54. The van der Waals surface area contributed by atoms with Gasteiger partial charge in [-0.2, -0.15) is 0 Å². The van der Waals surface area contributed by atoms with Gasteiger partial charge in [-0.05, 0) is 43.4 Å². The molecule has 0 radical (unpaired) electrons. The van der Waals surface area contributed by atoms with Crippen LogP contribution in [-0.4, -0.2) is 30.1 Å². The lowest BCUT2D eigenvalue weighted by Crippen LogP contribution is -2.41. The standard InChI is InChI=1S/C17H26N2/c1-13(2)14-7-3-4-8-15(14)18-16-10-12-19-11-6-5-9-17(16)19/h3-4,7-8,13,16-18H,5-6,9-12H2,1-2H3. The minimum atomic E-state index is 0.590. The Balaban J connectivity index is 1.75. The van der Waals surface area contributed by atoms with Crippen molar-refractivity contribution in [2.24, 2.45) is 0 Å². The molecule has 0 saturated carbocycles. The summed E-state index contributed by atoms with van der Waals surface area (Å²) in [6.07, 6.45) is 5.48. The topological polar surface area (TPSA) is 15.3 Å². The highest BCUT2D eigenvalue weighted by molar-refractivity contribution is 5.53. The van der Waals surface area contributed by atoms with Gasteiger partial charge >= 0.3 is 0 Å². The van der Waals surface area contributed by atoms with Crippen molar-refractivity contribution in [1.82, 2.24) is 4.90 Å². The van der Waals surface area contributed by atoms with E-state index in [4.69, 9.17) is 0 Å². The third-order valence-corrected chi connectivity index (χ3v) is 4.78. The second-order valence-electron chi connectivity index (χ2n) is 6.38. The van der Waals surface area contributed by atoms with E-state index in [1.807, 2.05) is 0 Å². The molecule has 1 aromatic carbocycles. The summed E-state index contributed by atoms with van der Waals surface area (Å²) in [6.45, 7) is 7.16. The molecule has 0 spiro atoms. The molecule has 2 aliphatic rings. The molecule has 2 nitrogen and oxygen atoms in total. The predicted molar refractivity (Wildman–Crippen MR) is 81.8 cm³/mol. The zero-order valence-corrected chi connectivity index (χ0v) is 12.2. The Morgan fingerprint density at radius 2 is 1.95 bits per heavy atom. The molecule has 19 heavy (non-hydrogen) atoms. The molecular weight excluding hydrogens is 232 g/mol. The summed E-state index contributed by atoms with van der Waals surface area (Å²) in [5.74, 6) is 0.590. The van der Waals surface area contributed by atoms with Crippen LogP contribution in [0.3, 0.4) is 0 Å². The SMILES string of the molecule is CC(C)c1ccccc1NC1CCN2CCCCC12. The van der Waals surface area contributed by atoms with Crippen LogP contribution in [0, 0.1) is 0 Å². The van der Waals surface area contributed by atoms with Crippen molar-refractivity contribution in [3.63, 3.8) is 0 Å². The fraction of sp³-hybridized carbons (Fsp3) is 0.647. The van der Waals surface area contributed by atoms with Crippen LogP contribution < -0.4 is 5.32 Å². The molecule has 1 aromatic rings. The molecule has 2 unspecified atom stereocenters. The van der Waals surface area contributed by atoms with Crippen LogP contribution >= 0.6 is 0 Å². The number of piperidine rings is 1. The molecule has 3 rings (SSSR count). The zero-order chi connectivity index (χ0) is 13.2. The Morgan fingerprint density at radius 3 is 2.79 bits per heavy atom. The van der Waals surface area contributed by atoms with E-state index in [9.17, 15) is 0 Å². The Bertz CT molecular complexity index is 427. The molecular formula is C17H26N2. The Labute approximate surface area is 117 Å². The number of benzene rings is 1. The van der Waals surface area contributed by atoms with Crippen LogP contribution in [0.5, 0.6) is 0 Å². The van der Waals surface area contributed by atoms with Crippen LogP contribution in [0.4, 0.5) is 5.69 Å². The molecule has 0 aromatic heterocycles. The third kappa shape index (κ3) is 2.64. The lowest BCUT2D eigenvalue weighted by Gasteiger charge is -2.33. The van der Waals surface area contributed by atoms with Gasteiger partial charge in [0.2, 0.25) is 0 Å². The number of rotatable bonds is 3. The van der Waals surface area contributed by atoms with Gasteiger partial charge in [0.1, 0.15) is 0 Å². The van der Waals surface area contributed by atoms with Gasteiger partial charge in [-0.15, -0.1) is 0 Å². The molecule has 2 saturated heterocycles. The van der Waals surface area contributed by atoms with E-state index in [1.165, 1.54) is 50.0 Å². The van der Waals surface area contributed by atoms with Gasteiger partial charge in [0.15, 0.2) is 0 Å². The summed E-state index contributed by atoms with van der Waals surface area (Å²) >= 11 is 0. The number of hydrogen-bond acceptors (Lipinski definition) is 2. The van der Waals surface area contributed by atoms with Crippen molar-refractivity contribution >= 4 is 5.69 Å². The van der Waals surface area contributed by atoms with Gasteiger partial charge < -0.3 is 5.32 Å². The summed E-state index contributed by atoms with van der Waals surface area (Å²) in [7, 11) is 0. The van der Waals surface area contributed by atoms with Gasteiger partial charge in [0.05, 0.1) is 0 Å². The maximum Gasteiger partial charge on any atom is 0.0429 e. The average molecular weight is 258 g/mol. The molecule has 0 aliphatic carbocycles. The van der Waals surface area contributed by atoms with E-state index < -0.39 is 0 Å². The van der Waals surface area contributed by atoms with Gasteiger partial charge in [0.25, 0.3) is 0 Å². The van der Waals surface area contributed by atoms with Gasteiger partial charge in [-0.1, -0.05) is 38.5 Å². The van der Waals surface area contributed by atoms with Crippen molar-refractivity contribution in [1.29, 1.82) is 0 Å². The van der Waals surface area contributed by atoms with Gasteiger partial charge in [-0.25, -0.2) is 0 Å². The van der Waals surface area contributed by atoms with E-state index in [1.54, 1.807) is 0 Å². The maximum atomic E-state index is 3.85. The van der Waals surface area contributed by atoms with E-state index in [-0.39, 0.29) is 0 Å². The van der Waals surface area contributed by atoms with Crippen LogP contribution in [0.25, 0.3) is 0 Å². The number of para-hydroxylation sites is 1. The van der Waals surface area contributed by atoms with Crippen molar-refractivity contribution in [3.05, 3.63) is 29.8 Å². The molecule has 104 valence electrons. The highest BCUT2D eigenvalue weighted by Gasteiger charge is 2.35. The molecule has 2 heterocycles. The highest BCUT2D eigenvalue weighted by atomic mass is 15.2. The summed E-state index contributed by atoms with van der Waals surface area (Å²) < 4.78 is 0. The molecule has 2 atom stereocenters. The first-order valence-corrected chi connectivity index (χ1v) is 7.85. The number of nitrogens with zero attached hydrogens (tertiary/aromatic N) is 1. The van der Waals surface area contributed by atoms with Crippen LogP contribution in [-0.2, 0) is 0 Å². The summed E-state index contributed by atoms with van der Waals surface area (Å²) in [6, 6.07) is 10.2. The molecule has 1 N–H and O–H groups in total. The number of hydrogen-bond donors (Lipinski definition) is 1. The lowest BCUT2D eigenvalue weighted by atomic mass is 9.97. The van der Waals surface area contributed by atoms with Crippen molar-refractivity contribution in [2.75, 3.05) is 18.4 Å². The van der Waals surface area contributed by atoms with Crippen LogP contribution in [0.2, 0.25) is 0 Å². The first-order valence-electron chi connectivity index (χ1n) is 7.85. The second-order valence-corrected chi connectivity index (χ2v) is 6.38. The average Bonchev–Trinajstić information content (AvgIpc) is 2.83. The minimum Gasteiger partial charge on any atom is -0.380 e. The smallest absolute Gasteiger partial charge is 0.0429 e. The largest absolute Gasteiger partial charge is 0.380 e. The quantitative estimate of drug-likeness (QED) is 0.886. The lowest BCUT2D eigenvalue weighted by molar-refractivity contribution is 0.192. The summed E-state index contributed by atoms with van der Waals surface area (Å²) in [4.78, 5) is 2.69. The van der Waals surface area contributed by atoms with E-state index in [0.29, 0.717) is 12.0 Å². The van der Waals surface area contributed by atoms with Crippen LogP contribution in [0.15, 0.2) is 24.3 Å². The Morgan fingerprint density at radius 1 is 1.11 bits per heavy atom. The van der Waals surface area contributed by atoms with Crippen molar-refractivity contribution < 1.29 is 0 Å². The molecule has 0 bridgehead atoms. The minimum absolute atomic E-state index is 0.590.